The number of piperazine rings is 1. The second-order valence-electron chi connectivity index (χ2n) is 5.99. The fraction of sp³-hybridized carbons (Fsp3) is 0.316. The summed E-state index contributed by atoms with van der Waals surface area (Å²) in [5.41, 5.74) is 2.02. The van der Waals surface area contributed by atoms with Crippen molar-refractivity contribution in [3.63, 3.8) is 0 Å². The van der Waals surface area contributed by atoms with Crippen LogP contribution < -0.4 is 10.2 Å². The van der Waals surface area contributed by atoms with Gasteiger partial charge in [0.2, 0.25) is 0 Å². The Labute approximate surface area is 153 Å². The van der Waals surface area contributed by atoms with Gasteiger partial charge in [-0.3, -0.25) is 4.99 Å². The highest BCUT2D eigenvalue weighted by Gasteiger charge is 2.21. The molecule has 1 fully saturated rings. The summed E-state index contributed by atoms with van der Waals surface area (Å²) < 4.78 is 0. The van der Waals surface area contributed by atoms with E-state index in [1.807, 2.05) is 42.5 Å². The lowest BCUT2D eigenvalue weighted by Crippen LogP contribution is -2.52. The van der Waals surface area contributed by atoms with Gasteiger partial charge in [-0.2, -0.15) is 0 Å². The number of phenols is 1. The van der Waals surface area contributed by atoms with Crippen molar-refractivity contribution < 1.29 is 5.11 Å². The van der Waals surface area contributed by atoms with Crippen LogP contribution in [0.2, 0.25) is 5.02 Å². The summed E-state index contributed by atoms with van der Waals surface area (Å²) in [5.74, 6) is 1.22. The van der Waals surface area contributed by atoms with E-state index in [-0.39, 0.29) is 0 Å². The van der Waals surface area contributed by atoms with E-state index >= 15 is 0 Å². The number of para-hydroxylation sites is 2. The van der Waals surface area contributed by atoms with Crippen LogP contribution in [-0.2, 0) is 6.54 Å². The molecule has 0 amide bonds. The number of phenolic OH excluding ortho intramolecular Hbond substituents is 1. The van der Waals surface area contributed by atoms with E-state index in [4.69, 9.17) is 11.6 Å². The number of guanidine groups is 1. The van der Waals surface area contributed by atoms with Crippen molar-refractivity contribution in [2.24, 2.45) is 4.99 Å². The van der Waals surface area contributed by atoms with Gasteiger partial charge in [-0.05, 0) is 29.8 Å². The van der Waals surface area contributed by atoms with Crippen LogP contribution in [0.3, 0.4) is 0 Å². The zero-order valence-corrected chi connectivity index (χ0v) is 15.1. The van der Waals surface area contributed by atoms with Gasteiger partial charge >= 0.3 is 0 Å². The number of benzene rings is 2. The van der Waals surface area contributed by atoms with E-state index < -0.39 is 0 Å². The second kappa shape index (κ2) is 8.12. The van der Waals surface area contributed by atoms with Crippen molar-refractivity contribution >= 4 is 23.2 Å². The zero-order chi connectivity index (χ0) is 17.6. The largest absolute Gasteiger partial charge is 0.506 e. The van der Waals surface area contributed by atoms with E-state index in [9.17, 15) is 5.11 Å². The quantitative estimate of drug-likeness (QED) is 0.654. The number of aromatic hydroxyl groups is 1. The Hall–Kier alpha value is -2.40. The van der Waals surface area contributed by atoms with E-state index in [0.29, 0.717) is 12.3 Å². The molecule has 0 bridgehead atoms. The van der Waals surface area contributed by atoms with Gasteiger partial charge in [-0.25, -0.2) is 0 Å². The molecule has 0 aromatic heterocycles. The number of hydrogen-bond acceptors (Lipinski definition) is 3. The maximum atomic E-state index is 10.0. The van der Waals surface area contributed by atoms with E-state index in [1.165, 1.54) is 0 Å². The van der Waals surface area contributed by atoms with Crippen molar-refractivity contribution in [2.45, 2.75) is 6.54 Å². The second-order valence-corrected chi connectivity index (χ2v) is 6.43. The molecule has 1 heterocycles. The molecule has 0 spiro atoms. The standard InChI is InChI=1S/C19H23ClN4O/c1-21-19(22-14-15-5-4-6-16(20)13-15)24-11-9-23(10-12-24)17-7-2-3-8-18(17)25/h2-8,13,25H,9-12,14H2,1H3,(H,21,22). The van der Waals surface area contributed by atoms with Crippen LogP contribution in [0.25, 0.3) is 0 Å². The van der Waals surface area contributed by atoms with Gasteiger partial charge in [-0.15, -0.1) is 0 Å². The van der Waals surface area contributed by atoms with Crippen molar-refractivity contribution in [1.82, 2.24) is 10.2 Å². The molecule has 0 radical (unpaired) electrons. The monoisotopic (exact) mass is 358 g/mol. The van der Waals surface area contributed by atoms with Gasteiger partial charge in [0.05, 0.1) is 5.69 Å². The molecule has 2 N–H and O–H groups in total. The highest BCUT2D eigenvalue weighted by molar-refractivity contribution is 6.30. The Morgan fingerprint density at radius 3 is 2.56 bits per heavy atom. The lowest BCUT2D eigenvalue weighted by Gasteiger charge is -2.37. The predicted octanol–water partition coefficient (Wildman–Crippen LogP) is 2.94. The van der Waals surface area contributed by atoms with Crippen LogP contribution in [0, 0.1) is 0 Å². The first kappa shape index (κ1) is 17.4. The molecule has 2 aromatic carbocycles. The smallest absolute Gasteiger partial charge is 0.194 e. The molecule has 0 saturated carbocycles. The lowest BCUT2D eigenvalue weighted by molar-refractivity contribution is 0.369. The van der Waals surface area contributed by atoms with E-state index in [1.54, 1.807) is 13.1 Å². The Morgan fingerprint density at radius 1 is 1.12 bits per heavy atom. The molecule has 6 heteroatoms. The van der Waals surface area contributed by atoms with Gasteiger partial charge in [0.15, 0.2) is 5.96 Å². The maximum absolute atomic E-state index is 10.0. The van der Waals surface area contributed by atoms with Gasteiger partial charge in [-0.1, -0.05) is 35.9 Å². The number of anilines is 1. The fourth-order valence-electron chi connectivity index (χ4n) is 3.05. The third-order valence-electron chi connectivity index (χ3n) is 4.35. The number of nitrogens with zero attached hydrogens (tertiary/aromatic N) is 3. The third kappa shape index (κ3) is 4.37. The van der Waals surface area contributed by atoms with Crippen molar-refractivity contribution in [1.29, 1.82) is 0 Å². The number of rotatable bonds is 3. The molecular weight excluding hydrogens is 336 g/mol. The van der Waals surface area contributed by atoms with E-state index in [2.05, 4.69) is 20.1 Å². The topological polar surface area (TPSA) is 51.1 Å². The molecular formula is C19H23ClN4O. The molecule has 2 aromatic rings. The Kier molecular flexibility index (Phi) is 5.66. The molecule has 1 saturated heterocycles. The first-order chi connectivity index (χ1) is 12.2. The first-order valence-electron chi connectivity index (χ1n) is 8.40. The molecule has 3 rings (SSSR count). The highest BCUT2D eigenvalue weighted by Crippen LogP contribution is 2.27. The van der Waals surface area contributed by atoms with Crippen LogP contribution in [-0.4, -0.2) is 49.2 Å². The van der Waals surface area contributed by atoms with Crippen LogP contribution in [0.4, 0.5) is 5.69 Å². The summed E-state index contributed by atoms with van der Waals surface area (Å²) in [6.07, 6.45) is 0. The lowest BCUT2D eigenvalue weighted by atomic mass is 10.2. The van der Waals surface area contributed by atoms with Crippen molar-refractivity contribution in [3.05, 3.63) is 59.1 Å². The minimum absolute atomic E-state index is 0.333. The Balaban J connectivity index is 1.56. The SMILES string of the molecule is CN=C(NCc1cccc(Cl)c1)N1CCN(c2ccccc2O)CC1. The normalized spacial score (nSPS) is 15.4. The van der Waals surface area contributed by atoms with Crippen molar-refractivity contribution in [3.8, 4) is 5.75 Å². The van der Waals surface area contributed by atoms with Crippen molar-refractivity contribution in [2.75, 3.05) is 38.1 Å². The van der Waals surface area contributed by atoms with Gasteiger partial charge in [0, 0.05) is 44.8 Å². The summed E-state index contributed by atoms with van der Waals surface area (Å²) in [4.78, 5) is 8.84. The van der Waals surface area contributed by atoms with Gasteiger partial charge < -0.3 is 20.2 Å². The van der Waals surface area contributed by atoms with Gasteiger partial charge in [0.1, 0.15) is 5.75 Å². The number of nitrogens with one attached hydrogen (secondary N) is 1. The van der Waals surface area contributed by atoms with E-state index in [0.717, 1.165) is 48.4 Å². The maximum Gasteiger partial charge on any atom is 0.194 e. The molecule has 25 heavy (non-hydrogen) atoms. The average Bonchev–Trinajstić information content (AvgIpc) is 2.63. The van der Waals surface area contributed by atoms with Crippen LogP contribution in [0.15, 0.2) is 53.5 Å². The Bertz CT molecular complexity index is 742. The van der Waals surface area contributed by atoms with Crippen LogP contribution >= 0.6 is 11.6 Å². The highest BCUT2D eigenvalue weighted by atomic mass is 35.5. The number of hydrogen-bond donors (Lipinski definition) is 2. The molecule has 1 aliphatic rings. The summed E-state index contributed by atoms with van der Waals surface area (Å²) in [5, 5.41) is 14.2. The Morgan fingerprint density at radius 2 is 1.88 bits per heavy atom. The summed E-state index contributed by atoms with van der Waals surface area (Å²) >= 11 is 6.04. The summed E-state index contributed by atoms with van der Waals surface area (Å²) in [6, 6.07) is 15.3. The number of aliphatic imine (C=N–C) groups is 1. The average molecular weight is 359 g/mol. The molecule has 132 valence electrons. The summed E-state index contributed by atoms with van der Waals surface area (Å²) in [6.45, 7) is 4.07. The molecule has 0 unspecified atom stereocenters. The molecule has 5 nitrogen and oxygen atoms in total. The number of halogens is 1. The first-order valence-corrected chi connectivity index (χ1v) is 8.78. The zero-order valence-electron chi connectivity index (χ0n) is 14.3. The predicted molar refractivity (Wildman–Crippen MR) is 104 cm³/mol. The fourth-order valence-corrected chi connectivity index (χ4v) is 3.26. The summed E-state index contributed by atoms with van der Waals surface area (Å²) in [7, 11) is 1.80. The minimum atomic E-state index is 0.333. The third-order valence-corrected chi connectivity index (χ3v) is 4.59. The van der Waals surface area contributed by atoms with Crippen LogP contribution in [0.1, 0.15) is 5.56 Å². The van der Waals surface area contributed by atoms with Gasteiger partial charge in [0.25, 0.3) is 0 Å². The van der Waals surface area contributed by atoms with Crippen LogP contribution in [0.5, 0.6) is 5.75 Å². The molecule has 0 aliphatic carbocycles. The molecule has 0 atom stereocenters. The minimum Gasteiger partial charge on any atom is -0.506 e. The molecule has 1 aliphatic heterocycles.